The van der Waals surface area contributed by atoms with Crippen molar-refractivity contribution in [3.63, 3.8) is 0 Å². The summed E-state index contributed by atoms with van der Waals surface area (Å²) in [5.74, 6) is 0.863. The van der Waals surface area contributed by atoms with Crippen molar-refractivity contribution in [3.05, 3.63) is 77.0 Å². The van der Waals surface area contributed by atoms with Crippen molar-refractivity contribution in [1.82, 2.24) is 9.29 Å². The molecule has 0 atom stereocenters. The van der Waals surface area contributed by atoms with Crippen molar-refractivity contribution in [2.45, 2.75) is 31.8 Å². The summed E-state index contributed by atoms with van der Waals surface area (Å²) in [6, 6.07) is 17.1. The number of rotatable bonds is 4. The Morgan fingerprint density at radius 3 is 2.14 bits per heavy atom. The van der Waals surface area contributed by atoms with Crippen LogP contribution in [-0.2, 0) is 23.1 Å². The van der Waals surface area contributed by atoms with Gasteiger partial charge < -0.3 is 4.90 Å². The van der Waals surface area contributed by atoms with Crippen LogP contribution < -0.4 is 4.90 Å². The van der Waals surface area contributed by atoms with Gasteiger partial charge in [0.2, 0.25) is 10.0 Å². The van der Waals surface area contributed by atoms with Gasteiger partial charge in [-0.1, -0.05) is 48.0 Å². The molecule has 0 N–H and O–H groups in total. The summed E-state index contributed by atoms with van der Waals surface area (Å²) in [7, 11) is 0.357. The number of anilines is 1. The molecule has 0 fully saturated rings. The van der Waals surface area contributed by atoms with Gasteiger partial charge in [0, 0.05) is 38.4 Å². The Kier molecular flexibility index (Phi) is 4.92. The number of sulfonamides is 1. The van der Waals surface area contributed by atoms with E-state index in [2.05, 4.69) is 12.1 Å². The maximum Gasteiger partial charge on any atom is 0.243 e. The van der Waals surface area contributed by atoms with E-state index in [1.165, 1.54) is 0 Å². The number of nitrogens with zero attached hydrogens (tertiary/aromatic N) is 3. The van der Waals surface area contributed by atoms with Gasteiger partial charge >= 0.3 is 0 Å². The smallest absolute Gasteiger partial charge is 0.243 e. The van der Waals surface area contributed by atoms with E-state index < -0.39 is 10.0 Å². The van der Waals surface area contributed by atoms with Crippen LogP contribution in [0.1, 0.15) is 22.4 Å². The monoisotopic (exact) mass is 407 g/mol. The van der Waals surface area contributed by atoms with E-state index in [4.69, 9.17) is 4.98 Å². The second-order valence-corrected chi connectivity index (χ2v) is 9.64. The minimum Gasteiger partial charge on any atom is -0.362 e. The van der Waals surface area contributed by atoms with Crippen LogP contribution in [0.4, 0.5) is 5.82 Å². The molecule has 6 heteroatoms. The number of hydrogen-bond acceptors (Lipinski definition) is 4. The number of pyridine rings is 1. The quantitative estimate of drug-likeness (QED) is 0.652. The zero-order chi connectivity index (χ0) is 20.8. The van der Waals surface area contributed by atoms with Crippen molar-refractivity contribution >= 4 is 15.8 Å². The van der Waals surface area contributed by atoms with Crippen LogP contribution in [0.25, 0.3) is 11.1 Å². The zero-order valence-electron chi connectivity index (χ0n) is 17.2. The summed E-state index contributed by atoms with van der Waals surface area (Å²) < 4.78 is 28.1. The lowest BCUT2D eigenvalue weighted by atomic mass is 9.96. The number of benzene rings is 2. The molecule has 4 rings (SSSR count). The summed E-state index contributed by atoms with van der Waals surface area (Å²) in [6.45, 7) is 4.60. The Morgan fingerprint density at radius 2 is 1.52 bits per heavy atom. The normalized spacial score (nSPS) is 14.1. The van der Waals surface area contributed by atoms with Crippen molar-refractivity contribution in [1.29, 1.82) is 0 Å². The molecule has 150 valence electrons. The average molecular weight is 408 g/mol. The lowest BCUT2D eigenvalue weighted by Crippen LogP contribution is -2.25. The van der Waals surface area contributed by atoms with Gasteiger partial charge in [0.1, 0.15) is 5.82 Å². The Labute approximate surface area is 172 Å². The van der Waals surface area contributed by atoms with Crippen molar-refractivity contribution in [2.24, 2.45) is 0 Å². The molecule has 0 amide bonds. The van der Waals surface area contributed by atoms with Crippen LogP contribution in [0.3, 0.4) is 0 Å². The maximum absolute atomic E-state index is 13.3. The molecule has 0 aliphatic carbocycles. The second-order valence-electron chi connectivity index (χ2n) is 7.70. The molecule has 2 heterocycles. The Balaban J connectivity index is 1.84. The fraction of sp³-hybridized carbons (Fsp3) is 0.261. The van der Waals surface area contributed by atoms with Gasteiger partial charge in [0.15, 0.2) is 0 Å². The van der Waals surface area contributed by atoms with Gasteiger partial charge in [-0.2, -0.15) is 4.31 Å². The fourth-order valence-corrected chi connectivity index (χ4v) is 5.22. The standard InChI is InChI=1S/C23H25N3O2S/c1-16-10-12-19(13-11-16)29(27,28)26-14-20-17(2)24-23(25(3)4)22(21(20)15-26)18-8-6-5-7-9-18/h5-13H,14-15H2,1-4H3. The van der Waals surface area contributed by atoms with Crippen molar-refractivity contribution in [2.75, 3.05) is 19.0 Å². The van der Waals surface area contributed by atoms with E-state index in [1.807, 2.05) is 63.2 Å². The van der Waals surface area contributed by atoms with Gasteiger partial charge in [-0.3, -0.25) is 0 Å². The highest BCUT2D eigenvalue weighted by molar-refractivity contribution is 7.89. The summed E-state index contributed by atoms with van der Waals surface area (Å²) in [5.41, 5.74) is 6.03. The Hall–Kier alpha value is -2.70. The molecule has 0 unspecified atom stereocenters. The average Bonchev–Trinajstić information content (AvgIpc) is 3.15. The van der Waals surface area contributed by atoms with E-state index in [0.29, 0.717) is 18.0 Å². The van der Waals surface area contributed by atoms with E-state index in [-0.39, 0.29) is 0 Å². The zero-order valence-corrected chi connectivity index (χ0v) is 18.0. The third kappa shape index (κ3) is 3.43. The summed E-state index contributed by atoms with van der Waals surface area (Å²) >= 11 is 0. The predicted octanol–water partition coefficient (Wildman–Crippen LogP) is 4.14. The van der Waals surface area contributed by atoms with E-state index in [0.717, 1.165) is 39.3 Å². The highest BCUT2D eigenvalue weighted by Gasteiger charge is 2.35. The maximum atomic E-state index is 13.3. The fourth-order valence-electron chi connectivity index (χ4n) is 3.84. The molecule has 1 aromatic heterocycles. The second kappa shape index (κ2) is 7.28. The topological polar surface area (TPSA) is 53.5 Å². The first-order valence-electron chi connectivity index (χ1n) is 9.61. The third-order valence-electron chi connectivity index (χ3n) is 5.41. The summed E-state index contributed by atoms with van der Waals surface area (Å²) in [5, 5.41) is 0. The van der Waals surface area contributed by atoms with Crippen LogP contribution in [-0.4, -0.2) is 31.8 Å². The third-order valence-corrected chi connectivity index (χ3v) is 7.22. The van der Waals surface area contributed by atoms with Crippen LogP contribution in [0.2, 0.25) is 0 Å². The molecule has 5 nitrogen and oxygen atoms in total. The van der Waals surface area contributed by atoms with Crippen molar-refractivity contribution < 1.29 is 8.42 Å². The lowest BCUT2D eigenvalue weighted by Gasteiger charge is -2.21. The van der Waals surface area contributed by atoms with E-state index in [1.54, 1.807) is 16.4 Å². The number of fused-ring (bicyclic) bond motifs is 1. The highest BCUT2D eigenvalue weighted by Crippen LogP contribution is 2.40. The summed E-state index contributed by atoms with van der Waals surface area (Å²) in [6.07, 6.45) is 0. The molecule has 0 saturated heterocycles. The van der Waals surface area contributed by atoms with E-state index in [9.17, 15) is 8.42 Å². The first-order chi connectivity index (χ1) is 13.8. The van der Waals surface area contributed by atoms with E-state index >= 15 is 0 Å². The molecular weight excluding hydrogens is 382 g/mol. The Morgan fingerprint density at radius 1 is 0.897 bits per heavy atom. The number of hydrogen-bond donors (Lipinski definition) is 0. The molecule has 0 saturated carbocycles. The van der Waals surface area contributed by atoms with Gasteiger partial charge in [-0.25, -0.2) is 13.4 Å². The minimum absolute atomic E-state index is 0.329. The molecule has 1 aliphatic rings. The predicted molar refractivity (Wildman–Crippen MR) is 116 cm³/mol. The number of aryl methyl sites for hydroxylation is 2. The van der Waals surface area contributed by atoms with Gasteiger partial charge in [-0.05, 0) is 42.7 Å². The largest absolute Gasteiger partial charge is 0.362 e. The minimum atomic E-state index is -3.58. The van der Waals surface area contributed by atoms with Crippen LogP contribution in [0.5, 0.6) is 0 Å². The molecule has 2 aromatic carbocycles. The molecule has 29 heavy (non-hydrogen) atoms. The molecule has 0 bridgehead atoms. The van der Waals surface area contributed by atoms with Crippen LogP contribution in [0, 0.1) is 13.8 Å². The van der Waals surface area contributed by atoms with Crippen LogP contribution >= 0.6 is 0 Å². The SMILES string of the molecule is Cc1ccc(S(=O)(=O)N2Cc3c(C)nc(N(C)C)c(-c4ccccc4)c3C2)cc1. The Bertz CT molecular complexity index is 1150. The lowest BCUT2D eigenvalue weighted by molar-refractivity contribution is 0.431. The first-order valence-corrected chi connectivity index (χ1v) is 11.0. The van der Waals surface area contributed by atoms with Gasteiger partial charge in [0.25, 0.3) is 0 Å². The van der Waals surface area contributed by atoms with Crippen LogP contribution in [0.15, 0.2) is 59.5 Å². The van der Waals surface area contributed by atoms with Gasteiger partial charge in [-0.15, -0.1) is 0 Å². The number of aromatic nitrogens is 1. The molecule has 1 aliphatic heterocycles. The van der Waals surface area contributed by atoms with Gasteiger partial charge in [0.05, 0.1) is 4.90 Å². The first kappa shape index (κ1) is 19.6. The summed E-state index contributed by atoms with van der Waals surface area (Å²) in [4.78, 5) is 7.15. The highest BCUT2D eigenvalue weighted by atomic mass is 32.2. The molecule has 0 spiro atoms. The van der Waals surface area contributed by atoms with Crippen molar-refractivity contribution in [3.8, 4) is 11.1 Å². The molecular formula is C23H25N3O2S. The molecule has 3 aromatic rings. The molecule has 0 radical (unpaired) electrons.